The molecule has 0 radical (unpaired) electrons. The summed E-state index contributed by atoms with van der Waals surface area (Å²) in [4.78, 5) is 36.6. The Balaban J connectivity index is 2.14. The number of hydrogen-bond acceptors (Lipinski definition) is 6. The first-order valence-corrected chi connectivity index (χ1v) is 6.49. The van der Waals surface area contributed by atoms with Gasteiger partial charge >= 0.3 is 11.9 Å². The number of hydrogen-bond donors (Lipinski definition) is 0. The second kappa shape index (κ2) is 5.40. The van der Waals surface area contributed by atoms with Crippen molar-refractivity contribution < 1.29 is 23.9 Å². The lowest BCUT2D eigenvalue weighted by Gasteiger charge is -2.13. The Hall–Kier alpha value is -1.89. The lowest BCUT2D eigenvalue weighted by Crippen LogP contribution is -2.25. The van der Waals surface area contributed by atoms with Crippen LogP contribution >= 0.6 is 11.3 Å². The molecule has 0 N–H and O–H groups in total. The van der Waals surface area contributed by atoms with Crippen LogP contribution in [0.2, 0.25) is 0 Å². The van der Waals surface area contributed by atoms with Gasteiger partial charge in [-0.15, -0.1) is 11.3 Å². The number of methoxy groups -OCH3 is 2. The zero-order valence-corrected chi connectivity index (χ0v) is 11.4. The standard InChI is InChI=1S/C12H13NO5S/c1-17-11(15)7-3-10(14)13(5-7)8-4-9(19-6-8)12(16)18-2/h4,6-7H,3,5H2,1-2H3. The summed E-state index contributed by atoms with van der Waals surface area (Å²) >= 11 is 1.20. The summed E-state index contributed by atoms with van der Waals surface area (Å²) in [6.45, 7) is 0.281. The van der Waals surface area contributed by atoms with Crippen LogP contribution in [0.25, 0.3) is 0 Å². The van der Waals surface area contributed by atoms with Gasteiger partial charge in [0.1, 0.15) is 4.88 Å². The summed E-state index contributed by atoms with van der Waals surface area (Å²) in [5.74, 6) is -1.42. The molecule has 2 heterocycles. The smallest absolute Gasteiger partial charge is 0.348 e. The van der Waals surface area contributed by atoms with E-state index in [1.165, 1.54) is 30.5 Å². The third-order valence-corrected chi connectivity index (χ3v) is 3.84. The van der Waals surface area contributed by atoms with Gasteiger partial charge in [-0.1, -0.05) is 0 Å². The summed E-state index contributed by atoms with van der Waals surface area (Å²) in [7, 11) is 2.60. The van der Waals surface area contributed by atoms with Crippen molar-refractivity contribution in [1.82, 2.24) is 0 Å². The normalized spacial score (nSPS) is 18.5. The first kappa shape index (κ1) is 13.5. The molecule has 0 spiro atoms. The van der Waals surface area contributed by atoms with E-state index in [0.717, 1.165) is 0 Å². The van der Waals surface area contributed by atoms with Crippen LogP contribution in [0.4, 0.5) is 5.69 Å². The number of carbonyl (C=O) groups excluding carboxylic acids is 3. The maximum absolute atomic E-state index is 11.9. The molecule has 7 heteroatoms. The highest BCUT2D eigenvalue weighted by atomic mass is 32.1. The molecule has 1 saturated heterocycles. The monoisotopic (exact) mass is 283 g/mol. The fourth-order valence-electron chi connectivity index (χ4n) is 1.96. The van der Waals surface area contributed by atoms with Gasteiger partial charge in [-0.05, 0) is 6.07 Å². The van der Waals surface area contributed by atoms with Gasteiger partial charge in [0.25, 0.3) is 0 Å². The minimum absolute atomic E-state index is 0.135. The first-order valence-electron chi connectivity index (χ1n) is 5.62. The topological polar surface area (TPSA) is 72.9 Å². The Kier molecular flexibility index (Phi) is 3.84. The number of thiophene rings is 1. The first-order chi connectivity index (χ1) is 9.06. The van der Waals surface area contributed by atoms with E-state index in [4.69, 9.17) is 0 Å². The Morgan fingerprint density at radius 2 is 2.11 bits per heavy atom. The molecule has 2 rings (SSSR count). The zero-order valence-electron chi connectivity index (χ0n) is 10.5. The fourth-order valence-corrected chi connectivity index (χ4v) is 2.77. The minimum atomic E-state index is -0.445. The van der Waals surface area contributed by atoms with Crippen LogP contribution in [0, 0.1) is 5.92 Å². The minimum Gasteiger partial charge on any atom is -0.469 e. The molecule has 1 aliphatic rings. The van der Waals surface area contributed by atoms with E-state index in [1.807, 2.05) is 0 Å². The number of nitrogens with zero attached hydrogens (tertiary/aromatic N) is 1. The second-order valence-electron chi connectivity index (χ2n) is 4.09. The number of rotatable bonds is 3. The summed E-state index contributed by atoms with van der Waals surface area (Å²) < 4.78 is 9.25. The average Bonchev–Trinajstić information content (AvgIpc) is 3.03. The van der Waals surface area contributed by atoms with E-state index in [-0.39, 0.29) is 24.8 Å². The maximum Gasteiger partial charge on any atom is 0.348 e. The average molecular weight is 283 g/mol. The molecule has 0 aliphatic carbocycles. The molecule has 0 bridgehead atoms. The lowest BCUT2D eigenvalue weighted by atomic mass is 10.1. The molecule has 1 fully saturated rings. The third-order valence-electron chi connectivity index (χ3n) is 2.94. The van der Waals surface area contributed by atoms with Crippen LogP contribution in [0.5, 0.6) is 0 Å². The van der Waals surface area contributed by atoms with Crippen LogP contribution in [0.3, 0.4) is 0 Å². The largest absolute Gasteiger partial charge is 0.469 e. The van der Waals surface area contributed by atoms with Crippen molar-refractivity contribution in [2.24, 2.45) is 5.92 Å². The van der Waals surface area contributed by atoms with Gasteiger partial charge in [0.15, 0.2) is 0 Å². The van der Waals surface area contributed by atoms with Gasteiger partial charge in [0.05, 0.1) is 25.8 Å². The van der Waals surface area contributed by atoms with Gasteiger partial charge in [-0.3, -0.25) is 9.59 Å². The highest BCUT2D eigenvalue weighted by molar-refractivity contribution is 7.12. The molecule has 1 aromatic rings. The molecule has 1 aromatic heterocycles. The summed E-state index contributed by atoms with van der Waals surface area (Å²) in [5, 5.41) is 1.70. The molecule has 1 aliphatic heterocycles. The summed E-state index contributed by atoms with van der Waals surface area (Å²) in [5.41, 5.74) is 0.613. The van der Waals surface area contributed by atoms with Gasteiger partial charge < -0.3 is 14.4 Å². The van der Waals surface area contributed by atoms with Crippen molar-refractivity contribution in [1.29, 1.82) is 0 Å². The molecule has 1 amide bonds. The van der Waals surface area contributed by atoms with E-state index in [9.17, 15) is 14.4 Å². The molecule has 6 nitrogen and oxygen atoms in total. The van der Waals surface area contributed by atoms with E-state index < -0.39 is 11.9 Å². The third kappa shape index (κ3) is 2.60. The molecule has 19 heavy (non-hydrogen) atoms. The van der Waals surface area contributed by atoms with Crippen LogP contribution in [0.15, 0.2) is 11.4 Å². The quantitative estimate of drug-likeness (QED) is 0.776. The number of carbonyl (C=O) groups is 3. The number of esters is 2. The molecule has 0 saturated carbocycles. The summed E-state index contributed by atoms with van der Waals surface area (Å²) in [6, 6.07) is 1.59. The fraction of sp³-hybridized carbons (Fsp3) is 0.417. The van der Waals surface area contributed by atoms with Gasteiger partial charge in [-0.2, -0.15) is 0 Å². The number of anilines is 1. The number of amides is 1. The molecular formula is C12H13NO5S. The molecular weight excluding hydrogens is 270 g/mol. The van der Waals surface area contributed by atoms with Gasteiger partial charge in [0, 0.05) is 18.3 Å². The lowest BCUT2D eigenvalue weighted by molar-refractivity contribution is -0.145. The van der Waals surface area contributed by atoms with Crippen molar-refractivity contribution in [3.63, 3.8) is 0 Å². The molecule has 102 valence electrons. The zero-order chi connectivity index (χ0) is 14.0. The molecule has 1 atom stereocenters. The second-order valence-corrected chi connectivity index (χ2v) is 5.00. The van der Waals surface area contributed by atoms with E-state index in [0.29, 0.717) is 10.6 Å². The van der Waals surface area contributed by atoms with Crippen LogP contribution in [-0.2, 0) is 19.1 Å². The van der Waals surface area contributed by atoms with Crippen molar-refractivity contribution >= 4 is 34.9 Å². The highest BCUT2D eigenvalue weighted by Crippen LogP contribution is 2.30. The Morgan fingerprint density at radius 3 is 2.74 bits per heavy atom. The van der Waals surface area contributed by atoms with E-state index in [1.54, 1.807) is 11.4 Å². The Labute approximate surface area is 113 Å². The predicted octanol–water partition coefficient (Wildman–Crippen LogP) is 1.06. The molecule has 1 unspecified atom stereocenters. The van der Waals surface area contributed by atoms with Crippen LogP contribution < -0.4 is 4.90 Å². The highest BCUT2D eigenvalue weighted by Gasteiger charge is 2.36. The Bertz CT molecular complexity index is 524. The maximum atomic E-state index is 11.9. The summed E-state index contributed by atoms with van der Waals surface area (Å²) in [6.07, 6.45) is 0.135. The van der Waals surface area contributed by atoms with Crippen molar-refractivity contribution in [2.75, 3.05) is 25.7 Å². The SMILES string of the molecule is COC(=O)c1cc(N2CC(C(=O)OC)CC2=O)cs1. The number of ether oxygens (including phenoxy) is 2. The predicted molar refractivity (Wildman–Crippen MR) is 68.1 cm³/mol. The van der Waals surface area contributed by atoms with E-state index >= 15 is 0 Å². The van der Waals surface area contributed by atoms with E-state index in [2.05, 4.69) is 9.47 Å². The van der Waals surface area contributed by atoms with Crippen molar-refractivity contribution in [2.45, 2.75) is 6.42 Å². The Morgan fingerprint density at radius 1 is 1.37 bits per heavy atom. The van der Waals surface area contributed by atoms with Crippen molar-refractivity contribution in [3.05, 3.63) is 16.3 Å². The van der Waals surface area contributed by atoms with Crippen molar-refractivity contribution in [3.8, 4) is 0 Å². The van der Waals surface area contributed by atoms with Gasteiger partial charge in [0.2, 0.25) is 5.91 Å². The van der Waals surface area contributed by atoms with Crippen LogP contribution in [0.1, 0.15) is 16.1 Å². The van der Waals surface area contributed by atoms with Crippen LogP contribution in [-0.4, -0.2) is 38.6 Å². The molecule has 0 aromatic carbocycles. The van der Waals surface area contributed by atoms with Gasteiger partial charge in [-0.25, -0.2) is 4.79 Å².